The van der Waals surface area contributed by atoms with Gasteiger partial charge in [-0.05, 0) is 18.4 Å². The highest BCUT2D eigenvalue weighted by Gasteiger charge is 2.15. The minimum absolute atomic E-state index is 0.112. The summed E-state index contributed by atoms with van der Waals surface area (Å²) in [6.45, 7) is 0. The average molecular weight is 286 g/mol. The van der Waals surface area contributed by atoms with E-state index in [2.05, 4.69) is 15.3 Å². The molecule has 19 heavy (non-hydrogen) atoms. The Morgan fingerprint density at radius 2 is 2.00 bits per heavy atom. The van der Waals surface area contributed by atoms with Crippen molar-refractivity contribution in [3.05, 3.63) is 6.07 Å². The van der Waals surface area contributed by atoms with Crippen molar-refractivity contribution in [2.24, 2.45) is 5.73 Å². The van der Waals surface area contributed by atoms with E-state index in [1.165, 1.54) is 20.3 Å². The zero-order valence-electron chi connectivity index (χ0n) is 11.2. The third-order valence-electron chi connectivity index (χ3n) is 2.30. The minimum atomic E-state index is -0.590. The summed E-state index contributed by atoms with van der Waals surface area (Å²) in [4.78, 5) is 19.8. The lowest BCUT2D eigenvalue weighted by Gasteiger charge is -2.11. The number of carbonyl (C=O) groups is 1. The van der Waals surface area contributed by atoms with Gasteiger partial charge in [0.2, 0.25) is 23.6 Å². The van der Waals surface area contributed by atoms with Crippen molar-refractivity contribution in [2.45, 2.75) is 12.5 Å². The summed E-state index contributed by atoms with van der Waals surface area (Å²) in [6.07, 6.45) is 2.55. The molecule has 1 rings (SSSR count). The summed E-state index contributed by atoms with van der Waals surface area (Å²) in [5.41, 5.74) is 5.75. The van der Waals surface area contributed by atoms with Crippen LogP contribution >= 0.6 is 11.8 Å². The molecule has 1 amide bonds. The number of hydrogen-bond donors (Lipinski definition) is 2. The summed E-state index contributed by atoms with van der Waals surface area (Å²) in [7, 11) is 2.94. The first-order chi connectivity index (χ1) is 9.10. The van der Waals surface area contributed by atoms with E-state index < -0.39 is 6.04 Å². The average Bonchev–Trinajstić information content (AvgIpc) is 2.43. The number of ether oxygens (including phenoxy) is 2. The molecule has 0 aliphatic rings. The smallest absolute Gasteiger partial charge is 0.243 e. The molecule has 0 aliphatic heterocycles. The predicted octanol–water partition coefficient (Wildman–Crippen LogP) is 0.513. The third-order valence-corrected chi connectivity index (χ3v) is 2.95. The van der Waals surface area contributed by atoms with E-state index in [0.29, 0.717) is 18.2 Å². The summed E-state index contributed by atoms with van der Waals surface area (Å²) in [5, 5.41) is 2.54. The normalized spacial score (nSPS) is 11.8. The van der Waals surface area contributed by atoms with Crippen LogP contribution in [0.25, 0.3) is 0 Å². The van der Waals surface area contributed by atoms with Crippen LogP contribution in [0.5, 0.6) is 11.8 Å². The molecule has 0 saturated carbocycles. The van der Waals surface area contributed by atoms with Crippen LogP contribution in [0, 0.1) is 0 Å². The number of rotatable bonds is 7. The Morgan fingerprint density at radius 1 is 1.42 bits per heavy atom. The largest absolute Gasteiger partial charge is 0.481 e. The topological polar surface area (TPSA) is 99.4 Å². The summed E-state index contributed by atoms with van der Waals surface area (Å²) in [6, 6.07) is 0.928. The first-order valence-corrected chi connectivity index (χ1v) is 7.02. The number of nitrogens with two attached hydrogens (primary N) is 1. The summed E-state index contributed by atoms with van der Waals surface area (Å²) >= 11 is 1.63. The molecule has 0 aromatic carbocycles. The Kier molecular flexibility index (Phi) is 6.37. The van der Waals surface area contributed by atoms with Crippen molar-refractivity contribution >= 4 is 23.6 Å². The molecular weight excluding hydrogens is 268 g/mol. The van der Waals surface area contributed by atoms with Gasteiger partial charge < -0.3 is 15.2 Å². The van der Waals surface area contributed by atoms with Gasteiger partial charge in [-0.3, -0.25) is 10.1 Å². The molecule has 0 spiro atoms. The lowest BCUT2D eigenvalue weighted by atomic mass is 10.2. The Hall–Kier alpha value is -1.54. The maximum Gasteiger partial charge on any atom is 0.243 e. The van der Waals surface area contributed by atoms with Crippen LogP contribution < -0.4 is 20.5 Å². The monoisotopic (exact) mass is 286 g/mol. The Balaban J connectivity index is 2.72. The molecule has 0 fully saturated rings. The van der Waals surface area contributed by atoms with E-state index >= 15 is 0 Å². The van der Waals surface area contributed by atoms with Crippen molar-refractivity contribution in [1.29, 1.82) is 0 Å². The maximum absolute atomic E-state index is 11.8. The van der Waals surface area contributed by atoms with E-state index in [1.54, 1.807) is 11.8 Å². The van der Waals surface area contributed by atoms with E-state index in [-0.39, 0.29) is 11.9 Å². The van der Waals surface area contributed by atoms with Crippen molar-refractivity contribution in [3.8, 4) is 11.8 Å². The molecule has 0 saturated heterocycles. The van der Waals surface area contributed by atoms with Gasteiger partial charge in [0, 0.05) is 0 Å². The van der Waals surface area contributed by atoms with Crippen LogP contribution in [-0.4, -0.2) is 48.1 Å². The second kappa shape index (κ2) is 7.80. The molecule has 0 aliphatic carbocycles. The molecular formula is C11H18N4O3S. The van der Waals surface area contributed by atoms with Gasteiger partial charge in [-0.1, -0.05) is 0 Å². The van der Waals surface area contributed by atoms with Gasteiger partial charge >= 0.3 is 0 Å². The number of amides is 1. The molecule has 1 aromatic heterocycles. The number of anilines is 1. The molecule has 0 bridgehead atoms. The van der Waals surface area contributed by atoms with Gasteiger partial charge in [-0.2, -0.15) is 21.7 Å². The number of carbonyl (C=O) groups excluding carboxylic acids is 1. The Morgan fingerprint density at radius 3 is 2.47 bits per heavy atom. The summed E-state index contributed by atoms with van der Waals surface area (Å²) < 4.78 is 9.97. The number of methoxy groups -OCH3 is 2. The molecule has 7 nitrogen and oxygen atoms in total. The Labute approximate surface area is 116 Å². The number of thioether (sulfide) groups is 1. The molecule has 0 radical (unpaired) electrons. The lowest BCUT2D eigenvalue weighted by molar-refractivity contribution is -0.117. The van der Waals surface area contributed by atoms with E-state index in [9.17, 15) is 4.79 Å². The van der Waals surface area contributed by atoms with Gasteiger partial charge in [0.1, 0.15) is 0 Å². The predicted molar refractivity (Wildman–Crippen MR) is 74.7 cm³/mol. The highest BCUT2D eigenvalue weighted by molar-refractivity contribution is 7.98. The van der Waals surface area contributed by atoms with E-state index in [1.807, 2.05) is 6.26 Å². The van der Waals surface area contributed by atoms with Gasteiger partial charge in [-0.25, -0.2) is 0 Å². The number of hydrogen-bond acceptors (Lipinski definition) is 7. The van der Waals surface area contributed by atoms with Crippen LogP contribution in [0.1, 0.15) is 6.42 Å². The Bertz CT molecular complexity index is 408. The molecule has 3 N–H and O–H groups in total. The second-order valence-corrected chi connectivity index (χ2v) is 4.64. The third kappa shape index (κ3) is 4.92. The van der Waals surface area contributed by atoms with Gasteiger partial charge in [0.25, 0.3) is 0 Å². The standard InChI is InChI=1S/C11H18N4O3S/c1-17-8-6-9(18-2)14-11(13-8)15-10(16)7(12)4-5-19-3/h6-7H,4-5,12H2,1-3H3,(H,13,14,15,16)/t7-/m1/s1. The van der Waals surface area contributed by atoms with Crippen LogP contribution in [-0.2, 0) is 4.79 Å². The maximum atomic E-state index is 11.8. The number of aromatic nitrogens is 2. The van der Waals surface area contributed by atoms with Crippen molar-refractivity contribution in [3.63, 3.8) is 0 Å². The molecule has 1 aromatic rings. The van der Waals surface area contributed by atoms with Crippen LogP contribution in [0.4, 0.5) is 5.95 Å². The SMILES string of the molecule is COc1cc(OC)nc(NC(=O)[C@H](N)CCSC)n1. The van der Waals surface area contributed by atoms with Gasteiger partial charge in [-0.15, -0.1) is 0 Å². The number of nitrogens with one attached hydrogen (secondary N) is 1. The van der Waals surface area contributed by atoms with E-state index in [0.717, 1.165) is 5.75 Å². The van der Waals surface area contributed by atoms with Gasteiger partial charge in [0.05, 0.1) is 26.3 Å². The zero-order chi connectivity index (χ0) is 14.3. The highest BCUT2D eigenvalue weighted by Crippen LogP contribution is 2.17. The molecule has 106 valence electrons. The zero-order valence-corrected chi connectivity index (χ0v) is 12.0. The van der Waals surface area contributed by atoms with Crippen molar-refractivity contribution < 1.29 is 14.3 Å². The molecule has 1 atom stereocenters. The fourth-order valence-corrected chi connectivity index (χ4v) is 1.74. The lowest BCUT2D eigenvalue weighted by Crippen LogP contribution is -2.36. The van der Waals surface area contributed by atoms with Crippen LogP contribution in [0.3, 0.4) is 0 Å². The fourth-order valence-electron chi connectivity index (χ4n) is 1.25. The second-order valence-electron chi connectivity index (χ2n) is 3.65. The minimum Gasteiger partial charge on any atom is -0.481 e. The fraction of sp³-hybridized carbons (Fsp3) is 0.545. The van der Waals surface area contributed by atoms with Crippen LogP contribution in [0.15, 0.2) is 6.07 Å². The quantitative estimate of drug-likeness (QED) is 0.753. The van der Waals surface area contributed by atoms with E-state index in [4.69, 9.17) is 15.2 Å². The molecule has 0 unspecified atom stereocenters. The summed E-state index contributed by atoms with van der Waals surface area (Å²) in [5.74, 6) is 1.21. The molecule has 1 heterocycles. The first-order valence-electron chi connectivity index (χ1n) is 5.63. The van der Waals surface area contributed by atoms with Crippen molar-refractivity contribution in [1.82, 2.24) is 9.97 Å². The van der Waals surface area contributed by atoms with Crippen LogP contribution in [0.2, 0.25) is 0 Å². The van der Waals surface area contributed by atoms with Crippen molar-refractivity contribution in [2.75, 3.05) is 31.5 Å². The number of nitrogens with zero attached hydrogens (tertiary/aromatic N) is 2. The van der Waals surface area contributed by atoms with Gasteiger partial charge in [0.15, 0.2) is 0 Å². The highest BCUT2D eigenvalue weighted by atomic mass is 32.2. The molecule has 8 heteroatoms. The first kappa shape index (κ1) is 15.5.